The Balaban J connectivity index is 1.19. The lowest BCUT2D eigenvalue weighted by Crippen LogP contribution is -2.39. The summed E-state index contributed by atoms with van der Waals surface area (Å²) in [6.45, 7) is 4.20. The van der Waals surface area contributed by atoms with E-state index in [0.29, 0.717) is 40.2 Å². The van der Waals surface area contributed by atoms with Crippen LogP contribution in [0, 0.1) is 17.8 Å². The van der Waals surface area contributed by atoms with Gasteiger partial charge in [0.15, 0.2) is 5.78 Å². The topological polar surface area (TPSA) is 68.7 Å². The van der Waals surface area contributed by atoms with Gasteiger partial charge in [-0.1, -0.05) is 11.6 Å². The number of hydrogen-bond acceptors (Lipinski definition) is 5. The van der Waals surface area contributed by atoms with Crippen molar-refractivity contribution in [3.05, 3.63) is 29.0 Å². The van der Waals surface area contributed by atoms with Gasteiger partial charge in [-0.25, -0.2) is 0 Å². The molecule has 27 heavy (non-hydrogen) atoms. The molecule has 5 rings (SSSR count). The number of furan rings is 1. The second kappa shape index (κ2) is 6.80. The number of anilines is 1. The van der Waals surface area contributed by atoms with Crippen LogP contribution in [0.2, 0.25) is 5.02 Å². The number of rotatable bonds is 5. The molecule has 0 bridgehead atoms. The predicted molar refractivity (Wildman–Crippen MR) is 105 cm³/mol. The molecule has 3 heterocycles. The molecule has 2 N–H and O–H groups in total. The molecule has 1 saturated carbocycles. The minimum atomic E-state index is 0.100. The molecule has 2 aliphatic heterocycles. The first kappa shape index (κ1) is 17.5. The Bertz CT molecular complexity index is 862. The van der Waals surface area contributed by atoms with Crippen LogP contribution in [0.15, 0.2) is 22.8 Å². The maximum absolute atomic E-state index is 12.8. The van der Waals surface area contributed by atoms with Gasteiger partial charge in [-0.2, -0.15) is 0 Å². The third-order valence-electron chi connectivity index (χ3n) is 6.84. The fourth-order valence-corrected chi connectivity index (χ4v) is 5.44. The highest BCUT2D eigenvalue weighted by Gasteiger charge is 2.55. The largest absolute Gasteiger partial charge is 0.463 e. The quantitative estimate of drug-likeness (QED) is 0.619. The number of likely N-dealkylation sites (tertiary alicyclic amines) is 1. The Hall–Kier alpha value is -1.56. The van der Waals surface area contributed by atoms with Crippen LogP contribution in [-0.4, -0.2) is 43.0 Å². The van der Waals surface area contributed by atoms with Gasteiger partial charge in [-0.3, -0.25) is 9.69 Å². The average Bonchev–Trinajstić information content (AvgIpc) is 3.08. The normalized spacial score (nSPS) is 28.6. The first-order valence-electron chi connectivity index (χ1n) is 9.93. The highest BCUT2D eigenvalue weighted by Crippen LogP contribution is 2.55. The van der Waals surface area contributed by atoms with E-state index in [1.54, 1.807) is 18.4 Å². The number of Topliss-reactive ketones (excluding diaryl/α,β-unsaturated/α-hetero) is 1. The summed E-state index contributed by atoms with van der Waals surface area (Å²) in [6.07, 6.45) is 5.40. The zero-order valence-corrected chi connectivity index (χ0v) is 16.1. The second-order valence-corrected chi connectivity index (χ2v) is 8.64. The van der Waals surface area contributed by atoms with Crippen LogP contribution in [-0.2, 0) is 4.74 Å². The number of fused-ring (bicyclic) bond motifs is 2. The molecule has 2 atom stereocenters. The Morgan fingerprint density at radius 1 is 1.26 bits per heavy atom. The molecule has 5 nitrogen and oxygen atoms in total. The van der Waals surface area contributed by atoms with E-state index in [1.165, 1.54) is 25.9 Å². The summed E-state index contributed by atoms with van der Waals surface area (Å²) in [5, 5.41) is 1.14. The van der Waals surface area contributed by atoms with Crippen LogP contribution >= 0.6 is 11.6 Å². The lowest BCUT2D eigenvalue weighted by Gasteiger charge is -2.32. The molecule has 3 aliphatic rings. The molecule has 1 aliphatic carbocycles. The van der Waals surface area contributed by atoms with E-state index in [2.05, 4.69) is 4.90 Å². The van der Waals surface area contributed by atoms with Gasteiger partial charge < -0.3 is 14.9 Å². The molecule has 0 radical (unpaired) electrons. The van der Waals surface area contributed by atoms with Gasteiger partial charge in [0.05, 0.1) is 22.5 Å². The third-order valence-corrected chi connectivity index (χ3v) is 7.15. The van der Waals surface area contributed by atoms with E-state index >= 15 is 0 Å². The van der Waals surface area contributed by atoms with E-state index in [0.717, 1.165) is 36.9 Å². The summed E-state index contributed by atoms with van der Waals surface area (Å²) in [6, 6.07) is 4.13. The smallest absolute Gasteiger partial charge is 0.166 e. The van der Waals surface area contributed by atoms with Gasteiger partial charge in [-0.15, -0.1) is 0 Å². The maximum atomic E-state index is 12.8. The number of piperidine rings is 1. The fourth-order valence-electron chi connectivity index (χ4n) is 5.23. The standard InChI is InChI=1S/C21H25ClN2O3/c22-18-9-15(21-14(20(18)23)5-8-27-21)19(25)2-1-13-16-10-24(11-17(13)16)12-3-6-26-7-4-12/h5,8-9,12-13,16-17H,1-4,6-7,10-11,23H2. The number of nitrogens with two attached hydrogens (primary N) is 1. The van der Waals surface area contributed by atoms with Crippen molar-refractivity contribution in [3.8, 4) is 0 Å². The van der Waals surface area contributed by atoms with Crippen LogP contribution in [0.25, 0.3) is 11.0 Å². The molecule has 3 fully saturated rings. The molecular formula is C21H25ClN2O3. The number of hydrogen-bond donors (Lipinski definition) is 1. The van der Waals surface area contributed by atoms with Crippen molar-refractivity contribution in [3.63, 3.8) is 0 Å². The Morgan fingerprint density at radius 2 is 2.00 bits per heavy atom. The number of nitrogens with zero attached hydrogens (tertiary/aromatic N) is 1. The molecule has 0 amide bonds. The van der Waals surface area contributed by atoms with Crippen molar-refractivity contribution in [2.75, 3.05) is 32.0 Å². The number of benzene rings is 1. The molecule has 0 spiro atoms. The minimum absolute atomic E-state index is 0.100. The molecular weight excluding hydrogens is 364 g/mol. The van der Waals surface area contributed by atoms with Crippen molar-refractivity contribution in [1.29, 1.82) is 0 Å². The SMILES string of the molecule is Nc1c(Cl)cc(C(=O)CCC2C3CN(C4CCOCC4)CC23)c2occc12. The first-order valence-corrected chi connectivity index (χ1v) is 10.3. The summed E-state index contributed by atoms with van der Waals surface area (Å²) in [5.41, 5.74) is 7.58. The summed E-state index contributed by atoms with van der Waals surface area (Å²) >= 11 is 6.20. The van der Waals surface area contributed by atoms with E-state index in [-0.39, 0.29) is 5.78 Å². The zero-order chi connectivity index (χ0) is 18.5. The lowest BCUT2D eigenvalue weighted by molar-refractivity contribution is 0.0367. The van der Waals surface area contributed by atoms with Gasteiger partial charge >= 0.3 is 0 Å². The molecule has 1 aromatic carbocycles. The van der Waals surface area contributed by atoms with Crippen molar-refractivity contribution < 1.29 is 13.9 Å². The molecule has 2 aromatic rings. The maximum Gasteiger partial charge on any atom is 0.166 e. The van der Waals surface area contributed by atoms with E-state index < -0.39 is 0 Å². The molecule has 2 saturated heterocycles. The van der Waals surface area contributed by atoms with Crippen molar-refractivity contribution in [2.45, 2.75) is 31.7 Å². The van der Waals surface area contributed by atoms with Gasteiger partial charge in [-0.05, 0) is 49.1 Å². The van der Waals surface area contributed by atoms with Crippen molar-refractivity contribution in [1.82, 2.24) is 4.90 Å². The van der Waals surface area contributed by atoms with Crippen LogP contribution in [0.3, 0.4) is 0 Å². The zero-order valence-electron chi connectivity index (χ0n) is 15.3. The van der Waals surface area contributed by atoms with Crippen LogP contribution in [0.1, 0.15) is 36.0 Å². The molecule has 6 heteroatoms. The number of carbonyl (C=O) groups excluding carboxylic acids is 1. The Labute approximate surface area is 163 Å². The third kappa shape index (κ3) is 3.06. The average molecular weight is 389 g/mol. The summed E-state index contributed by atoms with van der Waals surface area (Å²) in [4.78, 5) is 15.5. The Kier molecular flexibility index (Phi) is 4.42. The minimum Gasteiger partial charge on any atom is -0.463 e. The molecule has 144 valence electrons. The first-order chi connectivity index (χ1) is 13.1. The number of ether oxygens (including phenoxy) is 1. The molecule has 1 aromatic heterocycles. The van der Waals surface area contributed by atoms with Crippen LogP contribution in [0.4, 0.5) is 5.69 Å². The highest BCUT2D eigenvalue weighted by molar-refractivity contribution is 6.35. The number of halogens is 1. The van der Waals surface area contributed by atoms with E-state index in [4.69, 9.17) is 26.5 Å². The fraction of sp³-hybridized carbons (Fsp3) is 0.571. The number of carbonyl (C=O) groups is 1. The number of ketones is 1. The lowest BCUT2D eigenvalue weighted by atomic mass is 10.0. The van der Waals surface area contributed by atoms with Gasteiger partial charge in [0.2, 0.25) is 0 Å². The summed E-state index contributed by atoms with van der Waals surface area (Å²) in [5.74, 6) is 2.35. The monoisotopic (exact) mass is 388 g/mol. The predicted octanol–water partition coefficient (Wildman–Crippen LogP) is 3.99. The van der Waals surface area contributed by atoms with E-state index in [9.17, 15) is 4.79 Å². The van der Waals surface area contributed by atoms with Crippen LogP contribution < -0.4 is 5.73 Å². The van der Waals surface area contributed by atoms with Crippen LogP contribution in [0.5, 0.6) is 0 Å². The number of nitrogen functional groups attached to an aromatic ring is 1. The second-order valence-electron chi connectivity index (χ2n) is 8.23. The molecule has 2 unspecified atom stereocenters. The van der Waals surface area contributed by atoms with Gasteiger partial charge in [0, 0.05) is 44.2 Å². The highest BCUT2D eigenvalue weighted by atomic mass is 35.5. The summed E-state index contributed by atoms with van der Waals surface area (Å²) < 4.78 is 11.0. The van der Waals surface area contributed by atoms with Gasteiger partial charge in [0.1, 0.15) is 5.58 Å². The van der Waals surface area contributed by atoms with E-state index in [1.807, 2.05) is 0 Å². The Morgan fingerprint density at radius 3 is 2.74 bits per heavy atom. The van der Waals surface area contributed by atoms with Crippen molar-refractivity contribution in [2.24, 2.45) is 17.8 Å². The summed E-state index contributed by atoms with van der Waals surface area (Å²) in [7, 11) is 0. The van der Waals surface area contributed by atoms with Crippen molar-refractivity contribution >= 4 is 34.0 Å². The van der Waals surface area contributed by atoms with Gasteiger partial charge in [0.25, 0.3) is 0 Å².